The highest BCUT2D eigenvalue weighted by Gasteiger charge is 2.42. The minimum atomic E-state index is -1.20. The summed E-state index contributed by atoms with van der Waals surface area (Å²) in [6, 6.07) is 7.65. The maximum absolute atomic E-state index is 13.2. The number of hydrogen-bond acceptors (Lipinski definition) is 3. The van der Waals surface area contributed by atoms with Crippen molar-refractivity contribution in [3.63, 3.8) is 0 Å². The van der Waals surface area contributed by atoms with Gasteiger partial charge in [0.15, 0.2) is 5.54 Å². The fourth-order valence-electron chi connectivity index (χ4n) is 2.11. The van der Waals surface area contributed by atoms with Crippen LogP contribution in [0.3, 0.4) is 0 Å². The van der Waals surface area contributed by atoms with Gasteiger partial charge in [-0.2, -0.15) is 0 Å². The Labute approximate surface area is 100.0 Å². The molecule has 0 spiro atoms. The van der Waals surface area contributed by atoms with Gasteiger partial charge in [0.25, 0.3) is 0 Å². The lowest BCUT2D eigenvalue weighted by Crippen LogP contribution is -2.52. The van der Waals surface area contributed by atoms with Gasteiger partial charge in [0.1, 0.15) is 6.67 Å². The van der Waals surface area contributed by atoms with Crippen molar-refractivity contribution in [2.75, 3.05) is 18.6 Å². The number of para-hydroxylation sites is 1. The minimum absolute atomic E-state index is 0.268. The first-order valence-electron chi connectivity index (χ1n) is 5.81. The van der Waals surface area contributed by atoms with Gasteiger partial charge >= 0.3 is 5.97 Å². The number of fused-ring (bicyclic) bond motifs is 1. The van der Waals surface area contributed by atoms with Crippen LogP contribution in [0.4, 0.5) is 10.1 Å². The van der Waals surface area contributed by atoms with E-state index in [1.165, 1.54) is 0 Å². The molecule has 0 radical (unpaired) electrons. The monoisotopic (exact) mass is 237 g/mol. The highest BCUT2D eigenvalue weighted by Crippen LogP contribution is 2.31. The fourth-order valence-corrected chi connectivity index (χ4v) is 2.11. The van der Waals surface area contributed by atoms with Gasteiger partial charge in [0, 0.05) is 5.69 Å². The van der Waals surface area contributed by atoms with Crippen LogP contribution in [0.5, 0.6) is 0 Å². The molecule has 1 aliphatic rings. The van der Waals surface area contributed by atoms with Crippen LogP contribution >= 0.6 is 0 Å². The molecule has 92 valence electrons. The summed E-state index contributed by atoms with van der Waals surface area (Å²) in [6.45, 7) is 1.24. The molecule has 0 saturated heterocycles. The molecule has 0 aromatic heterocycles. The topological polar surface area (TPSA) is 38.3 Å². The Bertz CT molecular complexity index is 422. The molecule has 4 heteroatoms. The Kier molecular flexibility index (Phi) is 3.31. The Morgan fingerprint density at radius 1 is 1.53 bits per heavy atom. The van der Waals surface area contributed by atoms with Crippen LogP contribution in [0.2, 0.25) is 0 Å². The van der Waals surface area contributed by atoms with Crippen molar-refractivity contribution in [1.82, 2.24) is 0 Å². The lowest BCUT2D eigenvalue weighted by atomic mass is 9.87. The Balaban J connectivity index is 2.26. The molecule has 1 N–H and O–H groups in total. The standard InChI is InChI=1S/C13H16FNO2/c1-2-17-12(16)13(9-14)8-7-10-5-3-4-6-11(10)15-13/h3-6,15H,2,7-9H2,1H3. The Morgan fingerprint density at radius 3 is 3.00 bits per heavy atom. The zero-order valence-corrected chi connectivity index (χ0v) is 9.83. The van der Waals surface area contributed by atoms with E-state index in [0.29, 0.717) is 12.8 Å². The molecular formula is C13H16FNO2. The summed E-state index contributed by atoms with van der Waals surface area (Å²) in [5.41, 5.74) is 0.731. The number of esters is 1. The van der Waals surface area contributed by atoms with Crippen LogP contribution in [-0.4, -0.2) is 24.8 Å². The Hall–Kier alpha value is -1.58. The number of benzene rings is 1. The number of rotatable bonds is 3. The summed E-state index contributed by atoms with van der Waals surface area (Å²) in [4.78, 5) is 11.8. The average molecular weight is 237 g/mol. The van der Waals surface area contributed by atoms with Gasteiger partial charge in [0.05, 0.1) is 6.61 Å². The molecule has 0 saturated carbocycles. The summed E-state index contributed by atoms with van der Waals surface area (Å²) in [5, 5.41) is 3.00. The number of carbonyl (C=O) groups is 1. The molecule has 2 rings (SSSR count). The van der Waals surface area contributed by atoms with E-state index in [1.54, 1.807) is 6.92 Å². The number of ether oxygens (including phenoxy) is 1. The Morgan fingerprint density at radius 2 is 2.29 bits per heavy atom. The minimum Gasteiger partial charge on any atom is -0.464 e. The van der Waals surface area contributed by atoms with Gasteiger partial charge < -0.3 is 10.1 Å². The number of nitrogens with one attached hydrogen (secondary N) is 1. The van der Waals surface area contributed by atoms with E-state index >= 15 is 0 Å². The summed E-state index contributed by atoms with van der Waals surface area (Å²) < 4.78 is 18.2. The lowest BCUT2D eigenvalue weighted by Gasteiger charge is -2.35. The molecule has 0 amide bonds. The van der Waals surface area contributed by atoms with E-state index < -0.39 is 18.2 Å². The first-order chi connectivity index (χ1) is 8.22. The number of halogens is 1. The number of aryl methyl sites for hydroxylation is 1. The lowest BCUT2D eigenvalue weighted by molar-refractivity contribution is -0.149. The van der Waals surface area contributed by atoms with Crippen molar-refractivity contribution in [3.8, 4) is 0 Å². The third-order valence-corrected chi connectivity index (χ3v) is 3.11. The van der Waals surface area contributed by atoms with Crippen LogP contribution in [0, 0.1) is 0 Å². The molecule has 0 bridgehead atoms. The zero-order valence-electron chi connectivity index (χ0n) is 9.83. The van der Waals surface area contributed by atoms with Gasteiger partial charge in [-0.1, -0.05) is 18.2 Å². The second kappa shape index (κ2) is 4.73. The number of hydrogen-bond donors (Lipinski definition) is 1. The van der Waals surface area contributed by atoms with Crippen LogP contribution in [0.1, 0.15) is 18.9 Å². The van der Waals surface area contributed by atoms with E-state index in [4.69, 9.17) is 4.74 Å². The van der Waals surface area contributed by atoms with Crippen molar-refractivity contribution in [2.24, 2.45) is 0 Å². The van der Waals surface area contributed by atoms with E-state index in [2.05, 4.69) is 5.32 Å². The van der Waals surface area contributed by atoms with Crippen LogP contribution in [-0.2, 0) is 16.0 Å². The van der Waals surface area contributed by atoms with Gasteiger partial charge in [-0.25, -0.2) is 9.18 Å². The van der Waals surface area contributed by atoms with Gasteiger partial charge in [-0.3, -0.25) is 0 Å². The third kappa shape index (κ3) is 2.12. The molecule has 1 aliphatic heterocycles. The van der Waals surface area contributed by atoms with E-state index in [1.807, 2.05) is 24.3 Å². The van der Waals surface area contributed by atoms with Gasteiger partial charge in [-0.15, -0.1) is 0 Å². The highest BCUT2D eigenvalue weighted by molar-refractivity contribution is 5.86. The maximum Gasteiger partial charge on any atom is 0.334 e. The molecule has 1 heterocycles. The largest absolute Gasteiger partial charge is 0.464 e. The molecule has 0 aliphatic carbocycles. The first-order valence-corrected chi connectivity index (χ1v) is 5.81. The average Bonchev–Trinajstić information content (AvgIpc) is 2.38. The summed E-state index contributed by atoms with van der Waals surface area (Å²) in [6.07, 6.45) is 1.12. The smallest absolute Gasteiger partial charge is 0.334 e. The molecule has 0 fully saturated rings. The third-order valence-electron chi connectivity index (χ3n) is 3.11. The quantitative estimate of drug-likeness (QED) is 0.820. The zero-order chi connectivity index (χ0) is 12.3. The van der Waals surface area contributed by atoms with Crippen molar-refractivity contribution in [3.05, 3.63) is 29.8 Å². The maximum atomic E-state index is 13.2. The van der Waals surface area contributed by atoms with E-state index in [-0.39, 0.29) is 6.61 Å². The van der Waals surface area contributed by atoms with Gasteiger partial charge in [0.2, 0.25) is 0 Å². The first kappa shape index (κ1) is 11.9. The van der Waals surface area contributed by atoms with Crippen molar-refractivity contribution < 1.29 is 13.9 Å². The fraction of sp³-hybridized carbons (Fsp3) is 0.462. The predicted octanol–water partition coefficient (Wildman–Crippen LogP) is 2.32. The molecule has 1 aromatic carbocycles. The summed E-state index contributed by atoms with van der Waals surface area (Å²) in [5.74, 6) is -0.503. The number of anilines is 1. The van der Waals surface area contributed by atoms with E-state index in [9.17, 15) is 9.18 Å². The van der Waals surface area contributed by atoms with Crippen molar-refractivity contribution >= 4 is 11.7 Å². The molecule has 1 aromatic rings. The number of carbonyl (C=O) groups excluding carboxylic acids is 1. The van der Waals surface area contributed by atoms with Crippen LogP contribution in [0.25, 0.3) is 0 Å². The van der Waals surface area contributed by atoms with E-state index in [0.717, 1.165) is 11.3 Å². The van der Waals surface area contributed by atoms with Crippen LogP contribution < -0.4 is 5.32 Å². The normalized spacial score (nSPS) is 22.5. The van der Waals surface area contributed by atoms with Crippen molar-refractivity contribution in [1.29, 1.82) is 0 Å². The predicted molar refractivity (Wildman–Crippen MR) is 63.7 cm³/mol. The SMILES string of the molecule is CCOC(=O)C1(CF)CCc2ccccc2N1. The molecule has 1 atom stereocenters. The molecule has 3 nitrogen and oxygen atoms in total. The summed E-state index contributed by atoms with van der Waals surface area (Å²) >= 11 is 0. The van der Waals surface area contributed by atoms with Crippen LogP contribution in [0.15, 0.2) is 24.3 Å². The molecular weight excluding hydrogens is 221 g/mol. The molecule has 1 unspecified atom stereocenters. The second-order valence-electron chi connectivity index (χ2n) is 4.22. The number of alkyl halides is 1. The van der Waals surface area contributed by atoms with Gasteiger partial charge in [-0.05, 0) is 31.4 Å². The van der Waals surface area contributed by atoms with Crippen molar-refractivity contribution in [2.45, 2.75) is 25.3 Å². The second-order valence-corrected chi connectivity index (χ2v) is 4.22. The summed E-state index contributed by atoms with van der Waals surface area (Å²) in [7, 11) is 0. The highest BCUT2D eigenvalue weighted by atomic mass is 19.1. The molecule has 17 heavy (non-hydrogen) atoms.